The topological polar surface area (TPSA) is 56.9 Å². The number of fused-ring (bicyclic) bond motifs is 2. The number of nitriles is 1. The number of aromatic nitrogens is 1. The highest BCUT2D eigenvalue weighted by Gasteiger charge is 2.25. The molecular weight excluding hydrogens is 384 g/mol. The van der Waals surface area contributed by atoms with Crippen molar-refractivity contribution in [2.45, 2.75) is 32.1 Å². The molecule has 0 bridgehead atoms. The number of nitrogens with zero attached hydrogens (tertiary/aromatic N) is 2. The lowest BCUT2D eigenvalue weighted by Crippen LogP contribution is -1.99. The maximum atomic E-state index is 10.1. The molecule has 0 saturated carbocycles. The number of phenolic OH excluding ortho intramolecular Hbond substituents is 1. The highest BCUT2D eigenvalue weighted by molar-refractivity contribution is 7.22. The second-order valence-electron chi connectivity index (χ2n) is 7.10. The Hall–Kier alpha value is -2.68. The van der Waals surface area contributed by atoms with E-state index in [4.69, 9.17) is 4.98 Å². The van der Waals surface area contributed by atoms with Crippen molar-refractivity contribution in [3.05, 3.63) is 58.6 Å². The van der Waals surface area contributed by atoms with E-state index < -0.39 is 0 Å². The molecule has 28 heavy (non-hydrogen) atoms. The first-order chi connectivity index (χ1) is 13.8. The summed E-state index contributed by atoms with van der Waals surface area (Å²) in [4.78, 5) is 8.14. The van der Waals surface area contributed by atoms with Gasteiger partial charge >= 0.3 is 0 Å². The molecule has 1 aliphatic carbocycles. The lowest BCUT2D eigenvalue weighted by Gasteiger charge is -2.13. The van der Waals surface area contributed by atoms with E-state index in [-0.39, 0.29) is 5.75 Å². The van der Waals surface area contributed by atoms with Crippen LogP contribution in [0.15, 0.2) is 41.8 Å². The normalized spacial score (nSPS) is 13.8. The zero-order valence-electron chi connectivity index (χ0n) is 15.2. The number of aryl methyl sites for hydroxylation is 1. The van der Waals surface area contributed by atoms with Crippen molar-refractivity contribution < 1.29 is 5.11 Å². The Morgan fingerprint density at radius 1 is 1.04 bits per heavy atom. The minimum Gasteiger partial charge on any atom is -0.508 e. The van der Waals surface area contributed by atoms with Gasteiger partial charge in [-0.2, -0.15) is 5.26 Å². The third-order valence-electron chi connectivity index (χ3n) is 5.38. The van der Waals surface area contributed by atoms with Crippen LogP contribution in [0.2, 0.25) is 0 Å². The van der Waals surface area contributed by atoms with E-state index in [1.54, 1.807) is 34.8 Å². The fourth-order valence-corrected chi connectivity index (χ4v) is 6.04. The molecule has 3 nitrogen and oxygen atoms in total. The van der Waals surface area contributed by atoms with E-state index >= 15 is 0 Å². The molecule has 0 unspecified atom stereocenters. The van der Waals surface area contributed by atoms with Gasteiger partial charge < -0.3 is 5.11 Å². The van der Waals surface area contributed by atoms with Crippen molar-refractivity contribution in [2.24, 2.45) is 0 Å². The molecule has 138 valence electrons. The number of phenols is 1. The second-order valence-corrected chi connectivity index (χ2v) is 9.04. The standard InChI is InChI=1S/C23H18N2OS2/c24-13-17-21-20(19-7-4-12-27-19)16-5-2-1-3-6-18(16)25-23(21)28-22(17)14-8-10-15(26)11-9-14/h4,7-12,26H,1-3,5-6H2. The van der Waals surface area contributed by atoms with Gasteiger partial charge in [0.05, 0.1) is 10.4 Å². The molecule has 0 amide bonds. The van der Waals surface area contributed by atoms with Gasteiger partial charge in [0, 0.05) is 21.5 Å². The fraction of sp³-hybridized carbons (Fsp3) is 0.217. The molecule has 0 atom stereocenters. The SMILES string of the molecule is N#Cc1c(-c2ccc(O)cc2)sc2nc3c(c(-c4cccs4)c12)CCCCC3. The van der Waals surface area contributed by atoms with Crippen molar-refractivity contribution >= 4 is 32.9 Å². The largest absolute Gasteiger partial charge is 0.508 e. The predicted molar refractivity (Wildman–Crippen MR) is 116 cm³/mol. The molecule has 3 aromatic heterocycles. The molecule has 0 spiro atoms. The molecular formula is C23H18N2OS2. The molecule has 0 fully saturated rings. The molecule has 1 N–H and O–H groups in total. The van der Waals surface area contributed by atoms with E-state index in [1.165, 1.54) is 41.0 Å². The lowest BCUT2D eigenvalue weighted by molar-refractivity contribution is 0.475. The van der Waals surface area contributed by atoms with Crippen molar-refractivity contribution in [3.63, 3.8) is 0 Å². The minimum absolute atomic E-state index is 0.229. The van der Waals surface area contributed by atoms with Crippen LogP contribution in [0.1, 0.15) is 36.1 Å². The molecule has 4 aromatic rings. The first-order valence-corrected chi connectivity index (χ1v) is 11.2. The van der Waals surface area contributed by atoms with E-state index in [2.05, 4.69) is 23.6 Å². The van der Waals surface area contributed by atoms with E-state index in [0.29, 0.717) is 5.56 Å². The Kier molecular flexibility index (Phi) is 4.38. The number of hydrogen-bond acceptors (Lipinski definition) is 5. The van der Waals surface area contributed by atoms with Gasteiger partial charge in [-0.15, -0.1) is 22.7 Å². The van der Waals surface area contributed by atoms with Crippen LogP contribution in [-0.2, 0) is 12.8 Å². The summed E-state index contributed by atoms with van der Waals surface area (Å²) in [6.45, 7) is 0. The molecule has 0 aliphatic heterocycles. The maximum absolute atomic E-state index is 10.1. The highest BCUT2D eigenvalue weighted by Crippen LogP contribution is 2.46. The number of hydrogen-bond donors (Lipinski definition) is 1. The van der Waals surface area contributed by atoms with Gasteiger partial charge in [0.15, 0.2) is 0 Å². The Labute approximate surface area is 171 Å². The van der Waals surface area contributed by atoms with Crippen LogP contribution in [0.25, 0.3) is 31.1 Å². The first-order valence-electron chi connectivity index (χ1n) is 9.48. The van der Waals surface area contributed by atoms with Gasteiger partial charge in [-0.25, -0.2) is 4.98 Å². The van der Waals surface area contributed by atoms with Gasteiger partial charge in [-0.05, 0) is 72.5 Å². The van der Waals surface area contributed by atoms with Crippen LogP contribution < -0.4 is 0 Å². The van der Waals surface area contributed by atoms with E-state index in [1.807, 2.05) is 12.1 Å². The van der Waals surface area contributed by atoms with Gasteiger partial charge in [0.1, 0.15) is 16.6 Å². The van der Waals surface area contributed by atoms with E-state index in [0.717, 1.165) is 33.5 Å². The molecule has 5 heteroatoms. The fourth-order valence-electron chi connectivity index (χ4n) is 4.08. The number of rotatable bonds is 2. The van der Waals surface area contributed by atoms with Crippen LogP contribution >= 0.6 is 22.7 Å². The predicted octanol–water partition coefficient (Wildman–Crippen LogP) is 6.54. The summed E-state index contributed by atoms with van der Waals surface area (Å²) in [5.74, 6) is 0.229. The Morgan fingerprint density at radius 3 is 2.61 bits per heavy atom. The monoisotopic (exact) mass is 402 g/mol. The number of aromatic hydroxyl groups is 1. The van der Waals surface area contributed by atoms with Crippen LogP contribution in [-0.4, -0.2) is 10.1 Å². The molecule has 1 aliphatic rings. The van der Waals surface area contributed by atoms with Crippen LogP contribution in [0, 0.1) is 11.3 Å². The van der Waals surface area contributed by atoms with Crippen LogP contribution in [0.5, 0.6) is 5.75 Å². The molecule has 3 heterocycles. The Bertz CT molecular complexity index is 1200. The Balaban J connectivity index is 1.87. The summed E-state index contributed by atoms with van der Waals surface area (Å²) >= 11 is 3.32. The first kappa shape index (κ1) is 17.4. The van der Waals surface area contributed by atoms with Crippen molar-refractivity contribution in [1.29, 1.82) is 5.26 Å². The lowest BCUT2D eigenvalue weighted by atomic mass is 9.95. The van der Waals surface area contributed by atoms with E-state index in [9.17, 15) is 10.4 Å². The summed E-state index contributed by atoms with van der Waals surface area (Å²) in [6.07, 6.45) is 5.63. The van der Waals surface area contributed by atoms with Gasteiger partial charge in [0.25, 0.3) is 0 Å². The van der Waals surface area contributed by atoms with Crippen molar-refractivity contribution in [3.8, 4) is 32.7 Å². The number of thiophene rings is 2. The average Bonchev–Trinajstić information content (AvgIpc) is 3.29. The maximum Gasteiger partial charge on any atom is 0.126 e. The van der Waals surface area contributed by atoms with Gasteiger partial charge in [0.2, 0.25) is 0 Å². The average molecular weight is 403 g/mol. The Morgan fingerprint density at radius 2 is 1.86 bits per heavy atom. The van der Waals surface area contributed by atoms with Crippen LogP contribution in [0.3, 0.4) is 0 Å². The van der Waals surface area contributed by atoms with Crippen molar-refractivity contribution in [1.82, 2.24) is 4.98 Å². The molecule has 1 aromatic carbocycles. The number of benzene rings is 1. The van der Waals surface area contributed by atoms with Crippen molar-refractivity contribution in [2.75, 3.05) is 0 Å². The zero-order valence-corrected chi connectivity index (χ0v) is 16.9. The van der Waals surface area contributed by atoms with Crippen LogP contribution in [0.4, 0.5) is 0 Å². The summed E-state index contributed by atoms with van der Waals surface area (Å²) < 4.78 is 0. The number of pyridine rings is 1. The quantitative estimate of drug-likeness (QED) is 0.387. The zero-order chi connectivity index (χ0) is 19.1. The third-order valence-corrected chi connectivity index (χ3v) is 7.40. The highest BCUT2D eigenvalue weighted by atomic mass is 32.1. The molecule has 0 saturated heterocycles. The summed E-state index contributed by atoms with van der Waals surface area (Å²) in [6, 6.07) is 13.8. The second kappa shape index (κ2) is 7.05. The van der Waals surface area contributed by atoms with Gasteiger partial charge in [-0.3, -0.25) is 0 Å². The summed E-state index contributed by atoms with van der Waals surface area (Å²) in [7, 11) is 0. The molecule has 0 radical (unpaired) electrons. The summed E-state index contributed by atoms with van der Waals surface area (Å²) in [5.41, 5.74) is 5.41. The summed E-state index contributed by atoms with van der Waals surface area (Å²) in [5, 5.41) is 22.8. The minimum atomic E-state index is 0.229. The van der Waals surface area contributed by atoms with Gasteiger partial charge in [-0.1, -0.05) is 12.5 Å². The smallest absolute Gasteiger partial charge is 0.126 e. The molecule has 5 rings (SSSR count). The third kappa shape index (κ3) is 2.81.